The van der Waals surface area contributed by atoms with Gasteiger partial charge in [0.25, 0.3) is 0 Å². The Kier molecular flexibility index (Phi) is 6.14. The average Bonchev–Trinajstić information content (AvgIpc) is 2.42. The molecular formula is C15H21FN2O3. The molecule has 0 unspecified atom stereocenters. The molecule has 0 aliphatic carbocycles. The molecule has 1 aromatic carbocycles. The molecule has 0 heterocycles. The second kappa shape index (κ2) is 7.61. The van der Waals surface area contributed by atoms with Crippen LogP contribution in [0, 0.1) is 5.82 Å². The molecule has 21 heavy (non-hydrogen) atoms. The van der Waals surface area contributed by atoms with E-state index in [0.717, 1.165) is 0 Å². The predicted octanol–water partition coefficient (Wildman–Crippen LogP) is 2.96. The molecule has 0 aliphatic heterocycles. The van der Waals surface area contributed by atoms with Gasteiger partial charge in [-0.15, -0.1) is 0 Å². The summed E-state index contributed by atoms with van der Waals surface area (Å²) < 4.78 is 13.7. The third kappa shape index (κ3) is 4.73. The van der Waals surface area contributed by atoms with E-state index in [0.29, 0.717) is 13.0 Å². The molecule has 116 valence electrons. The number of anilines is 1. The lowest BCUT2D eigenvalue weighted by Crippen LogP contribution is -2.45. The number of carboxylic acid groups (broad SMARTS) is 1. The largest absolute Gasteiger partial charge is 0.481 e. The van der Waals surface area contributed by atoms with Crippen LogP contribution in [-0.2, 0) is 4.79 Å². The molecule has 6 heteroatoms. The minimum Gasteiger partial charge on any atom is -0.481 e. The first-order valence-corrected chi connectivity index (χ1v) is 6.85. The van der Waals surface area contributed by atoms with Gasteiger partial charge < -0.3 is 10.0 Å². The normalized spacial score (nSPS) is 10.5. The Hall–Kier alpha value is -2.11. The Balaban J connectivity index is 2.80. The molecule has 2 amide bonds. The van der Waals surface area contributed by atoms with Crippen molar-refractivity contribution in [3.63, 3.8) is 0 Å². The Labute approximate surface area is 124 Å². The van der Waals surface area contributed by atoms with Crippen molar-refractivity contribution >= 4 is 17.7 Å². The topological polar surface area (TPSA) is 60.9 Å². The number of carbonyl (C=O) groups excluding carboxylic acids is 1. The summed E-state index contributed by atoms with van der Waals surface area (Å²) >= 11 is 0. The van der Waals surface area contributed by atoms with Crippen molar-refractivity contribution in [2.75, 3.05) is 18.5 Å². The molecule has 0 aromatic heterocycles. The van der Waals surface area contributed by atoms with Crippen molar-refractivity contribution < 1.29 is 19.1 Å². The first kappa shape index (κ1) is 16.9. The van der Waals surface area contributed by atoms with E-state index in [1.165, 1.54) is 29.0 Å². The smallest absolute Gasteiger partial charge is 0.324 e. The lowest BCUT2D eigenvalue weighted by atomic mass is 10.2. The fourth-order valence-corrected chi connectivity index (χ4v) is 1.99. The molecular weight excluding hydrogens is 275 g/mol. The predicted molar refractivity (Wildman–Crippen MR) is 78.9 cm³/mol. The summed E-state index contributed by atoms with van der Waals surface area (Å²) in [7, 11) is 1.51. The number of carboxylic acids is 1. The standard InChI is InChI=1S/C15H21FN2O3/c1-11(2)18(10-6-9-14(19)20)15(21)17(3)13-8-5-4-7-12(13)16/h4-5,7-8,11H,6,9-10H2,1-3H3,(H,19,20). The highest BCUT2D eigenvalue weighted by atomic mass is 19.1. The molecule has 0 saturated heterocycles. The fraction of sp³-hybridized carbons (Fsp3) is 0.467. The summed E-state index contributed by atoms with van der Waals surface area (Å²) in [5.74, 6) is -1.36. The SMILES string of the molecule is CC(C)N(CCCC(=O)O)C(=O)N(C)c1ccccc1F. The third-order valence-electron chi connectivity index (χ3n) is 3.16. The maximum atomic E-state index is 13.7. The van der Waals surface area contributed by atoms with Gasteiger partial charge >= 0.3 is 12.0 Å². The van der Waals surface area contributed by atoms with Gasteiger partial charge in [-0.05, 0) is 32.4 Å². The average molecular weight is 296 g/mol. The van der Waals surface area contributed by atoms with Crippen molar-refractivity contribution in [3.8, 4) is 0 Å². The van der Waals surface area contributed by atoms with Crippen molar-refractivity contribution in [2.45, 2.75) is 32.7 Å². The first-order valence-electron chi connectivity index (χ1n) is 6.85. The zero-order chi connectivity index (χ0) is 16.0. The Morgan fingerprint density at radius 3 is 2.43 bits per heavy atom. The quantitative estimate of drug-likeness (QED) is 0.878. The van der Waals surface area contributed by atoms with Crippen LogP contribution in [0.3, 0.4) is 0 Å². The molecule has 1 N–H and O–H groups in total. The Morgan fingerprint density at radius 2 is 1.90 bits per heavy atom. The molecule has 0 fully saturated rings. The molecule has 0 spiro atoms. The number of benzene rings is 1. The van der Waals surface area contributed by atoms with Gasteiger partial charge in [0.2, 0.25) is 0 Å². The lowest BCUT2D eigenvalue weighted by Gasteiger charge is -2.31. The summed E-state index contributed by atoms with van der Waals surface area (Å²) in [6, 6.07) is 5.60. The number of rotatable bonds is 6. The van der Waals surface area contributed by atoms with Gasteiger partial charge in [0.15, 0.2) is 0 Å². The van der Waals surface area contributed by atoms with Crippen LogP contribution in [0.2, 0.25) is 0 Å². The van der Waals surface area contributed by atoms with E-state index in [9.17, 15) is 14.0 Å². The van der Waals surface area contributed by atoms with Crippen LogP contribution in [0.15, 0.2) is 24.3 Å². The molecule has 0 atom stereocenters. The van der Waals surface area contributed by atoms with Gasteiger partial charge in [0.1, 0.15) is 5.82 Å². The number of hydrogen-bond donors (Lipinski definition) is 1. The van der Waals surface area contributed by atoms with Crippen molar-refractivity contribution in [1.29, 1.82) is 0 Å². The third-order valence-corrected chi connectivity index (χ3v) is 3.16. The summed E-state index contributed by atoms with van der Waals surface area (Å²) in [5, 5.41) is 8.66. The van der Waals surface area contributed by atoms with Crippen LogP contribution in [0.5, 0.6) is 0 Å². The van der Waals surface area contributed by atoms with E-state index in [4.69, 9.17) is 5.11 Å². The summed E-state index contributed by atoms with van der Waals surface area (Å²) in [5.41, 5.74) is 0.200. The molecule has 5 nitrogen and oxygen atoms in total. The van der Waals surface area contributed by atoms with Crippen LogP contribution < -0.4 is 4.90 Å². The van der Waals surface area contributed by atoms with Gasteiger partial charge in [0, 0.05) is 26.1 Å². The van der Waals surface area contributed by atoms with E-state index in [-0.39, 0.29) is 24.2 Å². The highest BCUT2D eigenvalue weighted by molar-refractivity contribution is 5.91. The fourth-order valence-electron chi connectivity index (χ4n) is 1.99. The number of halogens is 1. The molecule has 1 rings (SSSR count). The van der Waals surface area contributed by atoms with Crippen molar-refractivity contribution in [1.82, 2.24) is 4.90 Å². The number of urea groups is 1. The molecule has 0 radical (unpaired) electrons. The molecule has 0 bridgehead atoms. The van der Waals surface area contributed by atoms with Crippen LogP contribution in [0.25, 0.3) is 0 Å². The number of carbonyl (C=O) groups is 2. The van der Waals surface area contributed by atoms with Crippen LogP contribution in [-0.4, -0.2) is 41.6 Å². The zero-order valence-electron chi connectivity index (χ0n) is 12.5. The van der Waals surface area contributed by atoms with Crippen LogP contribution in [0.4, 0.5) is 14.9 Å². The van der Waals surface area contributed by atoms with E-state index in [2.05, 4.69) is 0 Å². The minimum atomic E-state index is -0.895. The number of amides is 2. The monoisotopic (exact) mass is 296 g/mol. The molecule has 0 aliphatic rings. The summed E-state index contributed by atoms with van der Waals surface area (Å²) in [6.45, 7) is 4.00. The van der Waals surface area contributed by atoms with Crippen molar-refractivity contribution in [2.24, 2.45) is 0 Å². The Bertz CT molecular complexity index is 505. The molecule has 1 aromatic rings. The Morgan fingerprint density at radius 1 is 1.29 bits per heavy atom. The van der Waals surface area contributed by atoms with Gasteiger partial charge in [-0.25, -0.2) is 9.18 Å². The van der Waals surface area contributed by atoms with Gasteiger partial charge in [-0.1, -0.05) is 12.1 Å². The minimum absolute atomic E-state index is 0.0000869. The second-order valence-corrected chi connectivity index (χ2v) is 5.08. The van der Waals surface area contributed by atoms with E-state index >= 15 is 0 Å². The lowest BCUT2D eigenvalue weighted by molar-refractivity contribution is -0.137. The number of para-hydroxylation sites is 1. The highest BCUT2D eigenvalue weighted by Gasteiger charge is 2.23. The van der Waals surface area contributed by atoms with E-state index in [1.54, 1.807) is 12.1 Å². The number of aliphatic carboxylic acids is 1. The first-order chi connectivity index (χ1) is 9.84. The van der Waals surface area contributed by atoms with Gasteiger partial charge in [0.05, 0.1) is 5.69 Å². The molecule has 0 saturated carbocycles. The van der Waals surface area contributed by atoms with Crippen LogP contribution >= 0.6 is 0 Å². The highest BCUT2D eigenvalue weighted by Crippen LogP contribution is 2.19. The zero-order valence-corrected chi connectivity index (χ0v) is 12.5. The van der Waals surface area contributed by atoms with E-state index < -0.39 is 11.8 Å². The summed E-state index contributed by atoms with van der Waals surface area (Å²) in [4.78, 5) is 25.8. The maximum Gasteiger partial charge on any atom is 0.324 e. The van der Waals surface area contributed by atoms with Crippen LogP contribution in [0.1, 0.15) is 26.7 Å². The van der Waals surface area contributed by atoms with E-state index in [1.807, 2.05) is 13.8 Å². The number of nitrogens with zero attached hydrogens (tertiary/aromatic N) is 2. The van der Waals surface area contributed by atoms with Gasteiger partial charge in [-0.3, -0.25) is 9.69 Å². The van der Waals surface area contributed by atoms with Crippen molar-refractivity contribution in [3.05, 3.63) is 30.1 Å². The maximum absolute atomic E-state index is 13.7. The summed E-state index contributed by atoms with van der Waals surface area (Å²) in [6.07, 6.45) is 0.365. The van der Waals surface area contributed by atoms with Gasteiger partial charge in [-0.2, -0.15) is 0 Å². The number of hydrogen-bond acceptors (Lipinski definition) is 2. The second-order valence-electron chi connectivity index (χ2n) is 5.08.